The predicted molar refractivity (Wildman–Crippen MR) is 120 cm³/mol. The second-order valence-corrected chi connectivity index (χ2v) is 8.70. The van der Waals surface area contributed by atoms with Crippen LogP contribution in [0.15, 0.2) is 70.9 Å². The number of nitrogens with one attached hydrogen (secondary N) is 1. The van der Waals surface area contributed by atoms with Crippen LogP contribution in [0.1, 0.15) is 27.6 Å². The Balaban J connectivity index is 1.63. The lowest BCUT2D eigenvalue weighted by molar-refractivity contribution is -0.129. The fraction of sp³-hybridized carbons (Fsp3) is 0.261. The van der Waals surface area contributed by atoms with Crippen LogP contribution in [0.25, 0.3) is 0 Å². The molecule has 1 N–H and O–H groups in total. The number of rotatable bonds is 8. The van der Waals surface area contributed by atoms with Gasteiger partial charge in [0, 0.05) is 23.4 Å². The fourth-order valence-electron chi connectivity index (χ4n) is 3.01. The molecule has 1 atom stereocenters. The van der Waals surface area contributed by atoms with Crippen LogP contribution in [-0.2, 0) is 11.3 Å². The van der Waals surface area contributed by atoms with Crippen LogP contribution < -0.4 is 5.32 Å². The van der Waals surface area contributed by atoms with E-state index in [9.17, 15) is 4.79 Å². The summed E-state index contributed by atoms with van der Waals surface area (Å²) in [6.45, 7) is 3.00. The Labute approximate surface area is 175 Å². The Morgan fingerprint density at radius 1 is 1.11 bits per heavy atom. The number of amides is 1. The Hall–Kier alpha value is -2.08. The van der Waals surface area contributed by atoms with E-state index in [0.29, 0.717) is 13.1 Å². The van der Waals surface area contributed by atoms with Gasteiger partial charge in [-0.15, -0.1) is 23.1 Å². The van der Waals surface area contributed by atoms with Crippen molar-refractivity contribution in [2.45, 2.75) is 24.4 Å². The molecule has 0 spiro atoms. The first-order valence-electron chi connectivity index (χ1n) is 9.27. The summed E-state index contributed by atoms with van der Waals surface area (Å²) in [6.07, 6.45) is 2.06. The molecule has 0 fully saturated rings. The molecule has 0 unspecified atom stereocenters. The van der Waals surface area contributed by atoms with Crippen LogP contribution in [0.3, 0.4) is 0 Å². The Bertz CT molecular complexity index is 874. The molecule has 0 bridgehead atoms. The van der Waals surface area contributed by atoms with Crippen molar-refractivity contribution in [2.75, 3.05) is 19.8 Å². The summed E-state index contributed by atoms with van der Waals surface area (Å²) in [5.74, 6) is 0.0858. The predicted octanol–water partition coefficient (Wildman–Crippen LogP) is 5.12. The molecule has 0 aliphatic carbocycles. The highest BCUT2D eigenvalue weighted by Gasteiger charge is 2.17. The molecule has 0 aliphatic heterocycles. The van der Waals surface area contributed by atoms with Crippen molar-refractivity contribution >= 4 is 29.0 Å². The molecule has 3 rings (SSSR count). The smallest absolute Gasteiger partial charge is 0.236 e. The normalized spacial score (nSPS) is 12.0. The van der Waals surface area contributed by atoms with E-state index in [0.717, 1.165) is 5.56 Å². The van der Waals surface area contributed by atoms with E-state index >= 15 is 0 Å². The van der Waals surface area contributed by atoms with Gasteiger partial charge in [-0.3, -0.25) is 10.1 Å². The highest BCUT2D eigenvalue weighted by atomic mass is 32.2. The molecule has 146 valence electrons. The van der Waals surface area contributed by atoms with Gasteiger partial charge in [0.25, 0.3) is 0 Å². The largest absolute Gasteiger partial charge is 0.340 e. The molecular formula is C23H26N2OS2. The second kappa shape index (κ2) is 9.92. The van der Waals surface area contributed by atoms with Gasteiger partial charge in [0.2, 0.25) is 5.91 Å². The molecule has 2 aromatic carbocycles. The average molecular weight is 411 g/mol. The van der Waals surface area contributed by atoms with E-state index in [1.54, 1.807) is 28.0 Å². The maximum Gasteiger partial charge on any atom is 0.236 e. The number of thiophene rings is 1. The molecule has 3 nitrogen and oxygen atoms in total. The monoisotopic (exact) mass is 410 g/mol. The van der Waals surface area contributed by atoms with Gasteiger partial charge in [0.05, 0.1) is 12.6 Å². The number of carbonyl (C=O) groups is 1. The van der Waals surface area contributed by atoms with Gasteiger partial charge in [-0.1, -0.05) is 48.0 Å². The number of benzene rings is 2. The molecule has 3 aromatic rings. The minimum absolute atomic E-state index is 0.0267. The molecule has 5 heteroatoms. The van der Waals surface area contributed by atoms with E-state index in [1.807, 2.05) is 7.05 Å². The molecule has 0 saturated heterocycles. The van der Waals surface area contributed by atoms with E-state index in [1.165, 1.54) is 20.9 Å². The molecule has 28 heavy (non-hydrogen) atoms. The van der Waals surface area contributed by atoms with Crippen molar-refractivity contribution in [3.8, 4) is 0 Å². The van der Waals surface area contributed by atoms with Crippen molar-refractivity contribution in [3.63, 3.8) is 0 Å². The lowest BCUT2D eigenvalue weighted by Gasteiger charge is -2.22. The second-order valence-electron chi connectivity index (χ2n) is 6.84. The maximum absolute atomic E-state index is 12.7. The Kier molecular flexibility index (Phi) is 7.31. The summed E-state index contributed by atoms with van der Waals surface area (Å²) in [7, 11) is 1.86. The lowest BCUT2D eigenvalue weighted by Crippen LogP contribution is -2.36. The van der Waals surface area contributed by atoms with Crippen LogP contribution in [0.2, 0.25) is 0 Å². The summed E-state index contributed by atoms with van der Waals surface area (Å²) in [5.41, 5.74) is 3.55. The number of aryl methyl sites for hydroxylation is 1. The third-order valence-electron chi connectivity index (χ3n) is 4.70. The summed E-state index contributed by atoms with van der Waals surface area (Å²) in [6, 6.07) is 21.1. The minimum atomic E-state index is 0.0267. The third kappa shape index (κ3) is 5.47. The van der Waals surface area contributed by atoms with Crippen molar-refractivity contribution in [1.29, 1.82) is 0 Å². The molecule has 0 radical (unpaired) electrons. The summed E-state index contributed by atoms with van der Waals surface area (Å²) in [4.78, 5) is 16.9. The Morgan fingerprint density at radius 3 is 2.43 bits per heavy atom. The fourth-order valence-corrected chi connectivity index (χ4v) is 4.25. The van der Waals surface area contributed by atoms with Gasteiger partial charge in [0.1, 0.15) is 0 Å². The highest BCUT2D eigenvalue weighted by molar-refractivity contribution is 7.98. The number of carbonyl (C=O) groups excluding carboxylic acids is 1. The number of likely N-dealkylation sites (N-methyl/N-ethyl adjacent to an activating group) is 1. The topological polar surface area (TPSA) is 32.3 Å². The summed E-state index contributed by atoms with van der Waals surface area (Å²) < 4.78 is 0. The zero-order chi connectivity index (χ0) is 19.9. The number of thioether (sulfide) groups is 1. The third-order valence-corrected chi connectivity index (χ3v) is 6.38. The van der Waals surface area contributed by atoms with E-state index in [2.05, 4.69) is 84.5 Å². The molecule has 1 heterocycles. The Morgan fingerprint density at radius 2 is 1.82 bits per heavy atom. The first-order chi connectivity index (χ1) is 13.6. The van der Waals surface area contributed by atoms with Gasteiger partial charge < -0.3 is 4.90 Å². The van der Waals surface area contributed by atoms with Crippen molar-refractivity contribution in [3.05, 3.63) is 87.6 Å². The standard InChI is InChI=1S/C23H26N2OS2/c1-17-6-10-19(11-7-17)23(21-5-4-14-28-21)24-15-22(26)25(2)16-18-8-12-20(27-3)13-9-18/h4-14,23-24H,15-16H2,1-3H3/t23-/m0/s1. The van der Waals surface area contributed by atoms with Crippen LogP contribution in [0.5, 0.6) is 0 Å². The van der Waals surface area contributed by atoms with E-state index in [-0.39, 0.29) is 11.9 Å². The van der Waals surface area contributed by atoms with Crippen LogP contribution in [0, 0.1) is 6.92 Å². The minimum Gasteiger partial charge on any atom is -0.340 e. The maximum atomic E-state index is 12.7. The zero-order valence-corrected chi connectivity index (χ0v) is 18.1. The molecule has 1 amide bonds. The van der Waals surface area contributed by atoms with Crippen LogP contribution in [-0.4, -0.2) is 30.7 Å². The lowest BCUT2D eigenvalue weighted by atomic mass is 10.0. The quantitative estimate of drug-likeness (QED) is 0.523. The van der Waals surface area contributed by atoms with E-state index < -0.39 is 0 Å². The SMILES string of the molecule is CSc1ccc(CN(C)C(=O)CN[C@@H](c2ccc(C)cc2)c2cccs2)cc1. The van der Waals surface area contributed by atoms with Gasteiger partial charge in [-0.2, -0.15) is 0 Å². The van der Waals surface area contributed by atoms with Gasteiger partial charge >= 0.3 is 0 Å². The van der Waals surface area contributed by atoms with Crippen LogP contribution >= 0.6 is 23.1 Å². The molecule has 0 aliphatic rings. The molecule has 1 aromatic heterocycles. The van der Waals surface area contributed by atoms with Crippen molar-refractivity contribution in [2.24, 2.45) is 0 Å². The number of hydrogen-bond donors (Lipinski definition) is 1. The molecule has 0 saturated carbocycles. The summed E-state index contributed by atoms with van der Waals surface area (Å²) >= 11 is 3.43. The number of hydrogen-bond acceptors (Lipinski definition) is 4. The molecular weight excluding hydrogens is 384 g/mol. The van der Waals surface area contributed by atoms with Gasteiger partial charge in [0.15, 0.2) is 0 Å². The zero-order valence-electron chi connectivity index (χ0n) is 16.5. The average Bonchev–Trinajstić information content (AvgIpc) is 3.24. The summed E-state index contributed by atoms with van der Waals surface area (Å²) in [5, 5.41) is 5.53. The van der Waals surface area contributed by atoms with Crippen molar-refractivity contribution < 1.29 is 4.79 Å². The van der Waals surface area contributed by atoms with E-state index in [4.69, 9.17) is 0 Å². The van der Waals surface area contributed by atoms with Gasteiger partial charge in [-0.25, -0.2) is 0 Å². The van der Waals surface area contributed by atoms with Crippen molar-refractivity contribution in [1.82, 2.24) is 10.2 Å². The number of nitrogens with zero attached hydrogens (tertiary/aromatic N) is 1. The first kappa shape index (κ1) is 20.6. The first-order valence-corrected chi connectivity index (χ1v) is 11.4. The van der Waals surface area contributed by atoms with Gasteiger partial charge in [-0.05, 0) is 47.9 Å². The van der Waals surface area contributed by atoms with Crippen LogP contribution in [0.4, 0.5) is 0 Å². The highest BCUT2D eigenvalue weighted by Crippen LogP contribution is 2.26.